The highest BCUT2D eigenvalue weighted by Gasteiger charge is 2.21. The van der Waals surface area contributed by atoms with E-state index >= 15 is 0 Å². The van der Waals surface area contributed by atoms with E-state index in [2.05, 4.69) is 9.88 Å². The molecule has 1 fully saturated rings. The van der Waals surface area contributed by atoms with Crippen molar-refractivity contribution in [2.24, 2.45) is 0 Å². The molecule has 1 N–H and O–H groups in total. The molecule has 2 unspecified atom stereocenters. The summed E-state index contributed by atoms with van der Waals surface area (Å²) in [4.78, 5) is 6.08. The first kappa shape index (κ1) is 13.4. The minimum Gasteiger partial charge on any atom is -0.387 e. The third-order valence-electron chi connectivity index (χ3n) is 3.38. The highest BCUT2D eigenvalue weighted by Crippen LogP contribution is 2.17. The molecule has 18 heavy (non-hydrogen) atoms. The second-order valence-electron chi connectivity index (χ2n) is 4.70. The van der Waals surface area contributed by atoms with E-state index in [0.717, 1.165) is 32.4 Å². The van der Waals surface area contributed by atoms with Crippen LogP contribution in [-0.2, 0) is 4.74 Å². The second-order valence-corrected chi connectivity index (χ2v) is 4.70. The van der Waals surface area contributed by atoms with Gasteiger partial charge in [-0.25, -0.2) is 4.39 Å². The van der Waals surface area contributed by atoms with Gasteiger partial charge in [0.15, 0.2) is 0 Å². The first-order valence-corrected chi connectivity index (χ1v) is 6.24. The molecule has 1 aromatic heterocycles. The maximum Gasteiger partial charge on any atom is 0.141 e. The zero-order chi connectivity index (χ0) is 13.0. The number of aromatic nitrogens is 1. The van der Waals surface area contributed by atoms with Gasteiger partial charge < -0.3 is 14.7 Å². The summed E-state index contributed by atoms with van der Waals surface area (Å²) in [6, 6.07) is 3.29. The van der Waals surface area contributed by atoms with Crippen LogP contribution in [0.2, 0.25) is 0 Å². The number of likely N-dealkylation sites (N-methyl/N-ethyl adjacent to an activating group) is 1. The van der Waals surface area contributed by atoms with Crippen LogP contribution < -0.4 is 0 Å². The monoisotopic (exact) mass is 254 g/mol. The molecule has 0 radical (unpaired) electrons. The van der Waals surface area contributed by atoms with E-state index in [9.17, 15) is 9.50 Å². The van der Waals surface area contributed by atoms with Crippen LogP contribution in [0.5, 0.6) is 0 Å². The van der Waals surface area contributed by atoms with Crippen LogP contribution >= 0.6 is 0 Å². The van der Waals surface area contributed by atoms with E-state index in [1.54, 1.807) is 0 Å². The number of aliphatic hydroxyl groups is 1. The molecule has 4 nitrogen and oxygen atoms in total. The molecule has 2 rings (SSSR count). The lowest BCUT2D eigenvalue weighted by Crippen LogP contribution is -2.33. The maximum absolute atomic E-state index is 12.7. The number of hydrogen-bond donors (Lipinski definition) is 1. The fraction of sp³-hybridized carbons (Fsp3) is 0.615. The Hall–Kier alpha value is -1.04. The Labute approximate surface area is 106 Å². The molecular weight excluding hydrogens is 235 g/mol. The predicted octanol–water partition coefficient (Wildman–Crippen LogP) is 1.36. The zero-order valence-electron chi connectivity index (χ0n) is 10.6. The topological polar surface area (TPSA) is 45.6 Å². The fourth-order valence-electron chi connectivity index (χ4n) is 2.11. The van der Waals surface area contributed by atoms with Crippen LogP contribution in [0, 0.1) is 5.82 Å². The van der Waals surface area contributed by atoms with E-state index in [1.807, 2.05) is 7.05 Å². The molecule has 5 heteroatoms. The second kappa shape index (κ2) is 6.22. The number of hydrogen-bond acceptors (Lipinski definition) is 4. The summed E-state index contributed by atoms with van der Waals surface area (Å²) in [7, 11) is 2.03. The number of rotatable bonds is 5. The van der Waals surface area contributed by atoms with E-state index < -0.39 is 6.10 Å². The Balaban J connectivity index is 1.80. The Bertz CT molecular complexity index is 366. The number of ether oxygens (including phenoxy) is 1. The van der Waals surface area contributed by atoms with Crippen molar-refractivity contribution in [2.45, 2.75) is 25.0 Å². The maximum atomic E-state index is 12.7. The van der Waals surface area contributed by atoms with E-state index in [0.29, 0.717) is 18.2 Å². The van der Waals surface area contributed by atoms with Gasteiger partial charge in [-0.15, -0.1) is 0 Å². The molecule has 1 aliphatic rings. The average molecular weight is 254 g/mol. The summed E-state index contributed by atoms with van der Waals surface area (Å²) >= 11 is 0. The summed E-state index contributed by atoms with van der Waals surface area (Å²) in [5.74, 6) is -0.383. The molecule has 0 aliphatic carbocycles. The first-order valence-electron chi connectivity index (χ1n) is 6.24. The van der Waals surface area contributed by atoms with Gasteiger partial charge in [-0.05, 0) is 32.0 Å². The van der Waals surface area contributed by atoms with Crippen molar-refractivity contribution in [1.82, 2.24) is 9.88 Å². The molecular formula is C13H19FN2O2. The minimum atomic E-state index is -0.643. The van der Waals surface area contributed by atoms with Crippen LogP contribution in [0.15, 0.2) is 18.3 Å². The lowest BCUT2D eigenvalue weighted by Gasteiger charge is -2.23. The largest absolute Gasteiger partial charge is 0.387 e. The standard InChI is InChI=1S/C13H19FN2O2/c1-16(11-5-7-18-9-11)6-4-13(17)12-3-2-10(14)8-15-12/h2-3,8,11,13,17H,4-7,9H2,1H3. The van der Waals surface area contributed by atoms with Crippen LogP contribution in [0.4, 0.5) is 4.39 Å². The summed E-state index contributed by atoms with van der Waals surface area (Å²) in [6.07, 6.45) is 2.12. The summed E-state index contributed by atoms with van der Waals surface area (Å²) in [6.45, 7) is 2.35. The predicted molar refractivity (Wildman–Crippen MR) is 65.6 cm³/mol. The number of pyridine rings is 1. The van der Waals surface area contributed by atoms with Gasteiger partial charge in [-0.2, -0.15) is 0 Å². The van der Waals surface area contributed by atoms with Crippen molar-refractivity contribution < 1.29 is 14.2 Å². The molecule has 2 heterocycles. The SMILES string of the molecule is CN(CCC(O)c1ccc(F)cn1)C1CCOC1. The van der Waals surface area contributed by atoms with Crippen LogP contribution in [0.3, 0.4) is 0 Å². The molecule has 1 aromatic rings. The van der Waals surface area contributed by atoms with Gasteiger partial charge in [0, 0.05) is 19.2 Å². The van der Waals surface area contributed by atoms with Gasteiger partial charge in [0.05, 0.1) is 24.6 Å². The van der Waals surface area contributed by atoms with Gasteiger partial charge >= 0.3 is 0 Å². The van der Waals surface area contributed by atoms with Gasteiger partial charge in [0.25, 0.3) is 0 Å². The van der Waals surface area contributed by atoms with Gasteiger partial charge in [0.2, 0.25) is 0 Å². The zero-order valence-corrected chi connectivity index (χ0v) is 10.6. The number of aliphatic hydroxyl groups excluding tert-OH is 1. The quantitative estimate of drug-likeness (QED) is 0.862. The van der Waals surface area contributed by atoms with Gasteiger partial charge in [0.1, 0.15) is 5.82 Å². The first-order chi connectivity index (χ1) is 8.66. The highest BCUT2D eigenvalue weighted by atomic mass is 19.1. The fourth-order valence-corrected chi connectivity index (χ4v) is 2.11. The van der Waals surface area contributed by atoms with Crippen molar-refractivity contribution in [3.05, 3.63) is 29.8 Å². The molecule has 0 aromatic carbocycles. The summed E-state index contributed by atoms with van der Waals surface area (Å²) in [5.41, 5.74) is 0.521. The minimum absolute atomic E-state index is 0.383. The normalized spacial score (nSPS) is 21.4. The number of halogens is 1. The Morgan fingerprint density at radius 2 is 2.44 bits per heavy atom. The molecule has 1 aliphatic heterocycles. The van der Waals surface area contributed by atoms with Crippen LogP contribution in [0.1, 0.15) is 24.6 Å². The van der Waals surface area contributed by atoms with Crippen LogP contribution in [0.25, 0.3) is 0 Å². The molecule has 0 amide bonds. The molecule has 100 valence electrons. The van der Waals surface area contributed by atoms with Crippen LogP contribution in [-0.4, -0.2) is 47.8 Å². The molecule has 2 atom stereocenters. The summed E-state index contributed by atoms with van der Waals surface area (Å²) in [5, 5.41) is 9.96. The van der Waals surface area contributed by atoms with Crippen molar-refractivity contribution in [3.63, 3.8) is 0 Å². The lowest BCUT2D eigenvalue weighted by atomic mass is 10.1. The van der Waals surface area contributed by atoms with Gasteiger partial charge in [-0.3, -0.25) is 4.98 Å². The smallest absolute Gasteiger partial charge is 0.141 e. The van der Waals surface area contributed by atoms with Crippen molar-refractivity contribution in [2.75, 3.05) is 26.8 Å². The van der Waals surface area contributed by atoms with Crippen molar-refractivity contribution in [3.8, 4) is 0 Å². The Morgan fingerprint density at radius 3 is 3.06 bits per heavy atom. The molecule has 1 saturated heterocycles. The Morgan fingerprint density at radius 1 is 1.61 bits per heavy atom. The highest BCUT2D eigenvalue weighted by molar-refractivity contribution is 5.07. The van der Waals surface area contributed by atoms with E-state index in [-0.39, 0.29) is 5.82 Å². The number of nitrogens with zero attached hydrogens (tertiary/aromatic N) is 2. The average Bonchev–Trinajstić information content (AvgIpc) is 2.90. The van der Waals surface area contributed by atoms with Gasteiger partial charge in [-0.1, -0.05) is 0 Å². The van der Waals surface area contributed by atoms with E-state index in [1.165, 1.54) is 12.1 Å². The van der Waals surface area contributed by atoms with Crippen molar-refractivity contribution in [1.29, 1.82) is 0 Å². The van der Waals surface area contributed by atoms with Crippen molar-refractivity contribution >= 4 is 0 Å². The molecule has 0 spiro atoms. The molecule has 0 saturated carbocycles. The summed E-state index contributed by atoms with van der Waals surface area (Å²) < 4.78 is 18.0. The Kier molecular flexibility index (Phi) is 4.63. The van der Waals surface area contributed by atoms with E-state index in [4.69, 9.17) is 4.74 Å². The lowest BCUT2D eigenvalue weighted by molar-refractivity contribution is 0.122. The molecule has 0 bridgehead atoms. The third-order valence-corrected chi connectivity index (χ3v) is 3.38. The third kappa shape index (κ3) is 3.48.